The van der Waals surface area contributed by atoms with Crippen LogP contribution >= 0.6 is 0 Å². The zero-order valence-electron chi connectivity index (χ0n) is 15.7. The molecule has 2 aliphatic heterocycles. The van der Waals surface area contributed by atoms with E-state index in [4.69, 9.17) is 5.11 Å². The molecule has 2 unspecified atom stereocenters. The van der Waals surface area contributed by atoms with Crippen molar-refractivity contribution in [3.05, 3.63) is 29.8 Å². The van der Waals surface area contributed by atoms with Crippen LogP contribution in [0.4, 0.5) is 18.9 Å². The van der Waals surface area contributed by atoms with E-state index in [1.54, 1.807) is 0 Å². The maximum atomic E-state index is 12.9. The number of hydrogen-bond donors (Lipinski definition) is 1. The van der Waals surface area contributed by atoms with Gasteiger partial charge in [0.25, 0.3) is 11.8 Å². The van der Waals surface area contributed by atoms with Crippen LogP contribution in [0.3, 0.4) is 0 Å². The molecule has 0 radical (unpaired) electrons. The number of carbonyl (C=O) groups is 3. The fourth-order valence-electron chi connectivity index (χ4n) is 2.81. The number of hydrazone groups is 2. The predicted molar refractivity (Wildman–Crippen MR) is 96.9 cm³/mol. The zero-order valence-corrected chi connectivity index (χ0v) is 15.7. The Balaban J connectivity index is 1.78. The molecule has 0 bridgehead atoms. The molecular formula is C17H15F3N6O4. The molecule has 2 amide bonds. The summed E-state index contributed by atoms with van der Waals surface area (Å²) in [6.07, 6.45) is -4.59. The highest BCUT2D eigenvalue weighted by Crippen LogP contribution is 2.33. The molecule has 1 aromatic carbocycles. The highest BCUT2D eigenvalue weighted by Gasteiger charge is 2.39. The Bertz CT molecular complexity index is 1000. The van der Waals surface area contributed by atoms with Gasteiger partial charge in [0.2, 0.25) is 0 Å². The van der Waals surface area contributed by atoms with Crippen molar-refractivity contribution < 1.29 is 32.7 Å². The van der Waals surface area contributed by atoms with Crippen LogP contribution in [0, 0.1) is 0 Å². The Kier molecular flexibility index (Phi) is 5.37. The minimum atomic E-state index is -4.59. The van der Waals surface area contributed by atoms with E-state index in [0.29, 0.717) is 0 Å². The van der Waals surface area contributed by atoms with Gasteiger partial charge in [-0.05, 0) is 32.0 Å². The van der Waals surface area contributed by atoms with Gasteiger partial charge in [0.1, 0.15) is 6.54 Å². The number of carbonyl (C=O) groups excluding carboxylic acids is 2. The second-order valence-corrected chi connectivity index (χ2v) is 6.51. The fourth-order valence-corrected chi connectivity index (χ4v) is 2.81. The molecule has 0 spiro atoms. The van der Waals surface area contributed by atoms with Gasteiger partial charge in [-0.15, -0.1) is 0 Å². The third kappa shape index (κ3) is 4.04. The van der Waals surface area contributed by atoms with Crippen molar-refractivity contribution in [1.29, 1.82) is 0 Å². The van der Waals surface area contributed by atoms with E-state index in [2.05, 4.69) is 20.4 Å². The maximum Gasteiger partial charge on any atom is 0.416 e. The van der Waals surface area contributed by atoms with E-state index >= 15 is 0 Å². The lowest BCUT2D eigenvalue weighted by Gasteiger charge is -2.15. The molecule has 0 aliphatic carbocycles. The molecule has 0 fully saturated rings. The van der Waals surface area contributed by atoms with Crippen LogP contribution in [0.15, 0.2) is 44.7 Å². The monoisotopic (exact) mass is 424 g/mol. The van der Waals surface area contributed by atoms with Crippen LogP contribution < -0.4 is 5.01 Å². The lowest BCUT2D eigenvalue weighted by atomic mass is 10.1. The summed E-state index contributed by atoms with van der Waals surface area (Å²) in [5.74, 6) is -2.71. The first-order chi connectivity index (χ1) is 14.0. The summed E-state index contributed by atoms with van der Waals surface area (Å²) in [5.41, 5.74) is -0.662. The number of benzene rings is 1. The van der Waals surface area contributed by atoms with Gasteiger partial charge in [0.15, 0.2) is 12.1 Å². The Hall–Kier alpha value is -3.64. The van der Waals surface area contributed by atoms with Crippen LogP contribution in [0.1, 0.15) is 19.4 Å². The summed E-state index contributed by atoms with van der Waals surface area (Å²) in [5, 5.41) is 25.7. The quantitative estimate of drug-likeness (QED) is 0.725. The average Bonchev–Trinajstić information content (AvgIpc) is 3.08. The standard InChI is InChI=1S/C17H15F3N6O4/c1-8-13(15(29)25(23-8)7-12(27)28)21-22-14-9(2)24-26(16(14)30)11-5-3-4-10(6-11)17(18,19)20/h3-6,13-14H,7H2,1-2H3,(H,27,28). The number of azo groups is 1. The second-order valence-electron chi connectivity index (χ2n) is 6.51. The molecule has 2 atom stereocenters. The first-order valence-electron chi connectivity index (χ1n) is 8.53. The molecule has 0 saturated carbocycles. The van der Waals surface area contributed by atoms with Crippen molar-refractivity contribution in [2.45, 2.75) is 32.1 Å². The molecular weight excluding hydrogens is 409 g/mol. The van der Waals surface area contributed by atoms with Gasteiger partial charge in [-0.2, -0.15) is 38.6 Å². The van der Waals surface area contributed by atoms with Crippen molar-refractivity contribution in [1.82, 2.24) is 5.01 Å². The maximum absolute atomic E-state index is 12.9. The van der Waals surface area contributed by atoms with E-state index < -0.39 is 48.2 Å². The minimum Gasteiger partial charge on any atom is -0.480 e. The van der Waals surface area contributed by atoms with E-state index in [-0.39, 0.29) is 17.1 Å². The Morgan fingerprint density at radius 2 is 1.70 bits per heavy atom. The lowest BCUT2D eigenvalue weighted by Crippen LogP contribution is -2.34. The predicted octanol–water partition coefficient (Wildman–Crippen LogP) is 1.92. The lowest BCUT2D eigenvalue weighted by molar-refractivity contribution is -0.143. The summed E-state index contributed by atoms with van der Waals surface area (Å²) in [4.78, 5) is 35.6. The largest absolute Gasteiger partial charge is 0.480 e. The van der Waals surface area contributed by atoms with Gasteiger partial charge < -0.3 is 5.11 Å². The summed E-state index contributed by atoms with van der Waals surface area (Å²) >= 11 is 0. The van der Waals surface area contributed by atoms with Gasteiger partial charge in [0, 0.05) is 0 Å². The molecule has 1 aromatic rings. The van der Waals surface area contributed by atoms with Crippen molar-refractivity contribution in [3.63, 3.8) is 0 Å². The van der Waals surface area contributed by atoms with Crippen LogP contribution in [0.5, 0.6) is 0 Å². The molecule has 13 heteroatoms. The highest BCUT2D eigenvalue weighted by molar-refractivity contribution is 6.18. The number of amides is 2. The third-order valence-corrected chi connectivity index (χ3v) is 4.26. The molecule has 10 nitrogen and oxygen atoms in total. The third-order valence-electron chi connectivity index (χ3n) is 4.26. The first-order valence-corrected chi connectivity index (χ1v) is 8.53. The topological polar surface area (TPSA) is 127 Å². The van der Waals surface area contributed by atoms with Gasteiger partial charge in [0.05, 0.1) is 22.7 Å². The highest BCUT2D eigenvalue weighted by atomic mass is 19.4. The second kappa shape index (κ2) is 7.65. The SMILES string of the molecule is CC1=NN(CC(=O)O)C(=O)C1N=NC1C(=O)N(c2cccc(C(F)(F)F)c2)N=C1C. The van der Waals surface area contributed by atoms with Gasteiger partial charge in [-0.1, -0.05) is 6.07 Å². The molecule has 30 heavy (non-hydrogen) atoms. The Labute approximate surface area is 167 Å². The van der Waals surface area contributed by atoms with Crippen molar-refractivity contribution in [2.24, 2.45) is 20.4 Å². The van der Waals surface area contributed by atoms with E-state index in [1.165, 1.54) is 19.9 Å². The van der Waals surface area contributed by atoms with Crippen LogP contribution in [0.25, 0.3) is 0 Å². The summed E-state index contributed by atoms with van der Waals surface area (Å²) in [7, 11) is 0. The van der Waals surface area contributed by atoms with Gasteiger partial charge in [-0.25, -0.2) is 5.01 Å². The number of rotatable bonds is 5. The summed E-state index contributed by atoms with van der Waals surface area (Å²) < 4.78 is 38.8. The number of aliphatic carboxylic acids is 1. The molecule has 0 aromatic heterocycles. The first kappa shape index (κ1) is 21.1. The van der Waals surface area contributed by atoms with Crippen LogP contribution in [0.2, 0.25) is 0 Å². The van der Waals surface area contributed by atoms with E-state index in [9.17, 15) is 27.6 Å². The molecule has 1 N–H and O–H groups in total. The van der Waals surface area contributed by atoms with Crippen LogP contribution in [-0.4, -0.2) is 58.0 Å². The van der Waals surface area contributed by atoms with Gasteiger partial charge >= 0.3 is 12.1 Å². The number of hydrogen-bond acceptors (Lipinski definition) is 7. The Morgan fingerprint density at radius 1 is 1.10 bits per heavy atom. The molecule has 3 rings (SSSR count). The van der Waals surface area contributed by atoms with Gasteiger partial charge in [-0.3, -0.25) is 14.4 Å². The van der Waals surface area contributed by atoms with Crippen molar-refractivity contribution in [2.75, 3.05) is 11.6 Å². The molecule has 2 aliphatic rings. The smallest absolute Gasteiger partial charge is 0.416 e. The number of nitrogens with zero attached hydrogens (tertiary/aromatic N) is 6. The molecule has 158 valence electrons. The Morgan fingerprint density at radius 3 is 2.30 bits per heavy atom. The number of alkyl halides is 3. The number of halogens is 3. The van der Waals surface area contributed by atoms with Crippen molar-refractivity contribution >= 4 is 34.9 Å². The van der Waals surface area contributed by atoms with E-state index in [0.717, 1.165) is 28.2 Å². The fraction of sp³-hybridized carbons (Fsp3) is 0.353. The van der Waals surface area contributed by atoms with E-state index in [1.807, 2.05) is 0 Å². The number of carboxylic acids is 1. The summed E-state index contributed by atoms with van der Waals surface area (Å²) in [6.45, 7) is 2.26. The molecule has 2 heterocycles. The summed E-state index contributed by atoms with van der Waals surface area (Å²) in [6, 6.07) is 1.69. The number of carboxylic acid groups (broad SMARTS) is 1. The molecule has 0 saturated heterocycles. The van der Waals surface area contributed by atoms with Crippen molar-refractivity contribution in [3.8, 4) is 0 Å². The normalized spacial score (nSPS) is 22.2. The average molecular weight is 424 g/mol. The zero-order chi connectivity index (χ0) is 22.2. The van der Waals surface area contributed by atoms with Crippen LogP contribution in [-0.2, 0) is 20.6 Å². The minimum absolute atomic E-state index is 0.0887. The number of anilines is 1.